The van der Waals surface area contributed by atoms with Gasteiger partial charge in [-0.2, -0.15) is 0 Å². The average Bonchev–Trinajstić information content (AvgIpc) is 2.47. The molecule has 102 valence electrons. The third-order valence-corrected chi connectivity index (χ3v) is 3.55. The first-order chi connectivity index (χ1) is 9.66. The van der Waals surface area contributed by atoms with E-state index in [2.05, 4.69) is 20.9 Å². The molecule has 2 rings (SSSR count). The van der Waals surface area contributed by atoms with Gasteiger partial charge in [0.25, 0.3) is 0 Å². The van der Waals surface area contributed by atoms with Crippen LogP contribution in [0.5, 0.6) is 0 Å². The first-order valence-corrected chi connectivity index (χ1v) is 7.03. The summed E-state index contributed by atoms with van der Waals surface area (Å²) in [7, 11) is 1.78. The molecule has 0 saturated carbocycles. The number of carbonyl (C=O) groups excluding carboxylic acids is 1. The van der Waals surface area contributed by atoms with Crippen LogP contribution in [0.3, 0.4) is 0 Å². The van der Waals surface area contributed by atoms with Crippen LogP contribution in [0.4, 0.5) is 0 Å². The van der Waals surface area contributed by atoms with Crippen LogP contribution >= 0.6 is 15.9 Å². The molecule has 2 aromatic rings. The van der Waals surface area contributed by atoms with E-state index in [9.17, 15) is 4.79 Å². The van der Waals surface area contributed by atoms with E-state index in [4.69, 9.17) is 0 Å². The maximum Gasteiger partial charge on any atom is 0.246 e. The Morgan fingerprint density at radius 1 is 1.30 bits per heavy atom. The van der Waals surface area contributed by atoms with E-state index in [1.165, 1.54) is 0 Å². The number of nitrogens with zero attached hydrogens (tertiary/aromatic N) is 2. The minimum absolute atomic E-state index is 0.0374. The molecule has 1 amide bonds. The molecule has 0 saturated heterocycles. The summed E-state index contributed by atoms with van der Waals surface area (Å²) < 4.78 is 0.971. The minimum Gasteiger partial charge on any atom is -0.338 e. The van der Waals surface area contributed by atoms with Gasteiger partial charge in [0.2, 0.25) is 5.91 Å². The second kappa shape index (κ2) is 7.01. The number of hydrogen-bond acceptors (Lipinski definition) is 2. The molecule has 0 atom stereocenters. The van der Waals surface area contributed by atoms with Crippen molar-refractivity contribution in [3.05, 3.63) is 70.5 Å². The lowest BCUT2D eigenvalue weighted by Crippen LogP contribution is -2.24. The van der Waals surface area contributed by atoms with Gasteiger partial charge in [0.1, 0.15) is 0 Å². The van der Waals surface area contributed by atoms with Crippen molar-refractivity contribution >= 4 is 27.9 Å². The van der Waals surface area contributed by atoms with E-state index in [1.54, 1.807) is 30.4 Å². The number of pyridine rings is 1. The van der Waals surface area contributed by atoms with Crippen molar-refractivity contribution in [3.8, 4) is 0 Å². The fourth-order valence-corrected chi connectivity index (χ4v) is 2.16. The van der Waals surface area contributed by atoms with Gasteiger partial charge in [0.15, 0.2) is 0 Å². The van der Waals surface area contributed by atoms with E-state index in [-0.39, 0.29) is 5.91 Å². The van der Waals surface area contributed by atoms with Gasteiger partial charge >= 0.3 is 0 Å². The maximum atomic E-state index is 12.0. The maximum absolute atomic E-state index is 12.0. The van der Waals surface area contributed by atoms with E-state index >= 15 is 0 Å². The van der Waals surface area contributed by atoms with Crippen LogP contribution in [0.2, 0.25) is 0 Å². The van der Waals surface area contributed by atoms with Crippen LogP contribution in [-0.4, -0.2) is 22.8 Å². The Morgan fingerprint density at radius 3 is 2.80 bits per heavy atom. The molecule has 0 bridgehead atoms. The third kappa shape index (κ3) is 4.03. The molecule has 0 fully saturated rings. The van der Waals surface area contributed by atoms with Crippen molar-refractivity contribution in [1.29, 1.82) is 0 Å². The second-order valence-corrected chi connectivity index (χ2v) is 5.26. The summed E-state index contributed by atoms with van der Waals surface area (Å²) >= 11 is 3.45. The molecular weight excluding hydrogens is 316 g/mol. The third-order valence-electron chi connectivity index (χ3n) is 2.83. The second-order valence-electron chi connectivity index (χ2n) is 4.41. The van der Waals surface area contributed by atoms with E-state index in [0.29, 0.717) is 6.54 Å². The van der Waals surface area contributed by atoms with Crippen LogP contribution in [0.25, 0.3) is 6.08 Å². The van der Waals surface area contributed by atoms with Gasteiger partial charge in [-0.15, -0.1) is 0 Å². The summed E-state index contributed by atoms with van der Waals surface area (Å²) in [6.07, 6.45) is 6.88. The summed E-state index contributed by atoms with van der Waals surface area (Å²) in [5.41, 5.74) is 1.99. The van der Waals surface area contributed by atoms with Gasteiger partial charge in [-0.05, 0) is 29.3 Å². The zero-order valence-corrected chi connectivity index (χ0v) is 12.7. The molecule has 0 aliphatic rings. The highest BCUT2D eigenvalue weighted by Gasteiger charge is 2.05. The molecule has 4 heteroatoms. The van der Waals surface area contributed by atoms with E-state index in [1.807, 2.05) is 42.5 Å². The topological polar surface area (TPSA) is 33.2 Å². The van der Waals surface area contributed by atoms with Gasteiger partial charge in [0.05, 0.1) is 0 Å². The highest BCUT2D eigenvalue weighted by Crippen LogP contribution is 2.17. The normalized spacial score (nSPS) is 10.7. The quantitative estimate of drug-likeness (QED) is 0.803. The Morgan fingerprint density at radius 2 is 2.10 bits per heavy atom. The summed E-state index contributed by atoms with van der Waals surface area (Å²) in [4.78, 5) is 17.7. The molecule has 0 aliphatic carbocycles. The first kappa shape index (κ1) is 14.5. The molecule has 1 aromatic heterocycles. The largest absolute Gasteiger partial charge is 0.338 e. The van der Waals surface area contributed by atoms with Crippen LogP contribution in [0.1, 0.15) is 11.1 Å². The van der Waals surface area contributed by atoms with Crippen LogP contribution < -0.4 is 0 Å². The molecule has 0 radical (unpaired) electrons. The molecule has 0 spiro atoms. The standard InChI is InChI=1S/C16H15BrN2O/c1-19(12-13-5-4-10-18-11-13)16(20)9-8-14-6-2-3-7-15(14)17/h2-11H,12H2,1H3/b9-8+. The number of amides is 1. The molecule has 0 aliphatic heterocycles. The SMILES string of the molecule is CN(Cc1cccnc1)C(=O)/C=C/c1ccccc1Br. The number of likely N-dealkylation sites (N-methyl/N-ethyl adjacent to an activating group) is 1. The Balaban J connectivity index is 1.99. The van der Waals surface area contributed by atoms with Gasteiger partial charge in [-0.1, -0.05) is 40.2 Å². The lowest BCUT2D eigenvalue weighted by molar-refractivity contribution is -0.125. The Labute approximate surface area is 127 Å². The fraction of sp³-hybridized carbons (Fsp3) is 0.125. The van der Waals surface area contributed by atoms with Crippen molar-refractivity contribution in [2.75, 3.05) is 7.05 Å². The van der Waals surface area contributed by atoms with E-state index < -0.39 is 0 Å². The highest BCUT2D eigenvalue weighted by molar-refractivity contribution is 9.10. The van der Waals surface area contributed by atoms with Crippen molar-refractivity contribution in [1.82, 2.24) is 9.88 Å². The van der Waals surface area contributed by atoms with E-state index in [0.717, 1.165) is 15.6 Å². The zero-order chi connectivity index (χ0) is 14.4. The van der Waals surface area contributed by atoms with Gasteiger partial charge in [-0.25, -0.2) is 0 Å². The number of halogens is 1. The summed E-state index contributed by atoms with van der Waals surface area (Å²) in [5.74, 6) is -0.0374. The molecule has 20 heavy (non-hydrogen) atoms. The Bertz CT molecular complexity index is 611. The Kier molecular flexibility index (Phi) is 5.07. The van der Waals surface area contributed by atoms with Crippen LogP contribution in [0.15, 0.2) is 59.3 Å². The molecular formula is C16H15BrN2O. The summed E-state index contributed by atoms with van der Waals surface area (Å²) in [6.45, 7) is 0.549. The molecule has 0 unspecified atom stereocenters. The van der Waals surface area contributed by atoms with Crippen molar-refractivity contribution < 1.29 is 4.79 Å². The Hall–Kier alpha value is -1.94. The lowest BCUT2D eigenvalue weighted by atomic mass is 10.2. The number of rotatable bonds is 4. The number of aromatic nitrogens is 1. The molecule has 3 nitrogen and oxygen atoms in total. The van der Waals surface area contributed by atoms with Crippen molar-refractivity contribution in [2.45, 2.75) is 6.54 Å². The highest BCUT2D eigenvalue weighted by atomic mass is 79.9. The fourth-order valence-electron chi connectivity index (χ4n) is 1.74. The van der Waals surface area contributed by atoms with Crippen LogP contribution in [0, 0.1) is 0 Å². The minimum atomic E-state index is -0.0374. The monoisotopic (exact) mass is 330 g/mol. The predicted octanol–water partition coefficient (Wildman–Crippen LogP) is 3.52. The number of hydrogen-bond donors (Lipinski definition) is 0. The van der Waals surface area contributed by atoms with Crippen molar-refractivity contribution in [3.63, 3.8) is 0 Å². The van der Waals surface area contributed by atoms with Crippen LogP contribution in [-0.2, 0) is 11.3 Å². The molecule has 1 aromatic carbocycles. The average molecular weight is 331 g/mol. The number of carbonyl (C=O) groups is 1. The van der Waals surface area contributed by atoms with Crippen molar-refractivity contribution in [2.24, 2.45) is 0 Å². The van der Waals surface area contributed by atoms with Gasteiger partial charge in [0, 0.05) is 36.5 Å². The summed E-state index contributed by atoms with van der Waals surface area (Å²) in [5, 5.41) is 0. The smallest absolute Gasteiger partial charge is 0.246 e. The van der Waals surface area contributed by atoms with Gasteiger partial charge < -0.3 is 4.90 Å². The number of benzene rings is 1. The first-order valence-electron chi connectivity index (χ1n) is 6.23. The van der Waals surface area contributed by atoms with Gasteiger partial charge in [-0.3, -0.25) is 9.78 Å². The molecule has 1 heterocycles. The molecule has 0 N–H and O–H groups in total. The zero-order valence-electron chi connectivity index (χ0n) is 11.2. The summed E-state index contributed by atoms with van der Waals surface area (Å²) in [6, 6.07) is 11.6. The lowest BCUT2D eigenvalue weighted by Gasteiger charge is -2.14. The predicted molar refractivity (Wildman–Crippen MR) is 83.9 cm³/mol.